The third kappa shape index (κ3) is 2.06. The van der Waals surface area contributed by atoms with E-state index in [2.05, 4.69) is 11.8 Å². The zero-order valence-electron chi connectivity index (χ0n) is 8.13. The summed E-state index contributed by atoms with van der Waals surface area (Å²) in [6.45, 7) is 0.367. The molecule has 0 bridgehead atoms. The van der Waals surface area contributed by atoms with Crippen molar-refractivity contribution in [2.24, 2.45) is 17.8 Å². The van der Waals surface area contributed by atoms with Crippen LogP contribution in [-0.4, -0.2) is 11.7 Å². The average Bonchev–Trinajstić information content (AvgIpc) is 2.72. The van der Waals surface area contributed by atoms with E-state index < -0.39 is 0 Å². The van der Waals surface area contributed by atoms with Crippen LogP contribution in [0.25, 0.3) is 0 Å². The summed E-state index contributed by atoms with van der Waals surface area (Å²) in [5, 5.41) is 8.76. The molecule has 2 aliphatic carbocycles. The van der Waals surface area contributed by atoms with Gasteiger partial charge >= 0.3 is 0 Å². The van der Waals surface area contributed by atoms with Gasteiger partial charge < -0.3 is 5.11 Å². The summed E-state index contributed by atoms with van der Waals surface area (Å²) in [5.74, 6) is 9.29. The van der Waals surface area contributed by atoms with Crippen LogP contribution in [0.5, 0.6) is 0 Å². The molecule has 1 heteroatoms. The third-order valence-corrected chi connectivity index (χ3v) is 3.53. The maximum Gasteiger partial charge on any atom is 0.0431 e. The van der Waals surface area contributed by atoms with Gasteiger partial charge in [-0.25, -0.2) is 0 Å². The second-order valence-corrected chi connectivity index (χ2v) is 4.29. The molecule has 1 N–H and O–H groups in total. The van der Waals surface area contributed by atoms with E-state index in [-0.39, 0.29) is 0 Å². The Morgan fingerprint density at radius 1 is 1.08 bits per heavy atom. The number of aliphatic hydroxyl groups is 1. The molecule has 0 radical (unpaired) electrons. The van der Waals surface area contributed by atoms with E-state index in [4.69, 9.17) is 5.11 Å². The quantitative estimate of drug-likeness (QED) is 0.657. The fourth-order valence-electron chi connectivity index (χ4n) is 2.79. The van der Waals surface area contributed by atoms with E-state index in [0.717, 1.165) is 37.0 Å². The Bertz CT molecular complexity index is 205. The van der Waals surface area contributed by atoms with E-state index >= 15 is 0 Å². The Morgan fingerprint density at radius 2 is 1.69 bits per heavy atom. The van der Waals surface area contributed by atoms with Crippen molar-refractivity contribution in [3.63, 3.8) is 0 Å². The van der Waals surface area contributed by atoms with Crippen molar-refractivity contribution in [2.45, 2.75) is 38.5 Å². The van der Waals surface area contributed by atoms with Crippen molar-refractivity contribution in [3.05, 3.63) is 0 Å². The van der Waals surface area contributed by atoms with Crippen molar-refractivity contribution in [3.8, 4) is 11.8 Å². The van der Waals surface area contributed by atoms with Crippen LogP contribution >= 0.6 is 0 Å². The molecule has 0 aromatic rings. The SMILES string of the molecule is OCCCC1[C@@H]2CCC#CCC[C@@H]12. The van der Waals surface area contributed by atoms with Gasteiger partial charge in [0.15, 0.2) is 0 Å². The number of hydrogen-bond acceptors (Lipinski definition) is 1. The summed E-state index contributed by atoms with van der Waals surface area (Å²) in [6, 6.07) is 0. The summed E-state index contributed by atoms with van der Waals surface area (Å²) < 4.78 is 0. The highest BCUT2D eigenvalue weighted by Gasteiger charge is 2.47. The zero-order valence-corrected chi connectivity index (χ0v) is 8.13. The van der Waals surface area contributed by atoms with Crippen LogP contribution in [0.2, 0.25) is 0 Å². The number of rotatable bonds is 3. The predicted molar refractivity (Wildman–Crippen MR) is 53.0 cm³/mol. The molecular weight excluding hydrogens is 160 g/mol. The van der Waals surface area contributed by atoms with Gasteiger partial charge in [0.05, 0.1) is 0 Å². The van der Waals surface area contributed by atoms with Crippen molar-refractivity contribution in [1.82, 2.24) is 0 Å². The first-order valence-corrected chi connectivity index (χ1v) is 5.50. The van der Waals surface area contributed by atoms with Crippen molar-refractivity contribution in [2.75, 3.05) is 6.61 Å². The molecule has 13 heavy (non-hydrogen) atoms. The first kappa shape index (κ1) is 9.09. The summed E-state index contributed by atoms with van der Waals surface area (Å²) in [6.07, 6.45) is 7.08. The molecule has 2 aliphatic rings. The van der Waals surface area contributed by atoms with Crippen LogP contribution in [0, 0.1) is 29.6 Å². The molecule has 0 amide bonds. The molecule has 0 aliphatic heterocycles. The van der Waals surface area contributed by atoms with E-state index in [1.165, 1.54) is 19.3 Å². The molecule has 0 unspecified atom stereocenters. The highest BCUT2D eigenvalue weighted by molar-refractivity contribution is 5.07. The first-order chi connectivity index (χ1) is 6.43. The van der Waals surface area contributed by atoms with E-state index in [1.54, 1.807) is 0 Å². The lowest BCUT2D eigenvalue weighted by molar-refractivity contribution is 0.279. The predicted octanol–water partition coefficient (Wildman–Crippen LogP) is 2.20. The van der Waals surface area contributed by atoms with Crippen LogP contribution in [0.4, 0.5) is 0 Å². The number of aliphatic hydroxyl groups excluding tert-OH is 1. The molecule has 72 valence electrons. The molecule has 0 saturated heterocycles. The molecule has 1 fully saturated rings. The Morgan fingerprint density at radius 3 is 2.23 bits per heavy atom. The lowest BCUT2D eigenvalue weighted by atomic mass is 10.1. The topological polar surface area (TPSA) is 20.2 Å². The summed E-state index contributed by atoms with van der Waals surface area (Å²) >= 11 is 0. The summed E-state index contributed by atoms with van der Waals surface area (Å²) in [5.41, 5.74) is 0. The van der Waals surface area contributed by atoms with Gasteiger partial charge in [-0.3, -0.25) is 0 Å². The maximum atomic E-state index is 8.76. The fourth-order valence-corrected chi connectivity index (χ4v) is 2.79. The first-order valence-electron chi connectivity index (χ1n) is 5.50. The number of hydrogen-bond donors (Lipinski definition) is 1. The number of fused-ring (bicyclic) bond motifs is 1. The fraction of sp³-hybridized carbons (Fsp3) is 0.833. The molecule has 1 saturated carbocycles. The van der Waals surface area contributed by atoms with Crippen molar-refractivity contribution < 1.29 is 5.11 Å². The molecule has 2 rings (SSSR count). The molecule has 0 heterocycles. The van der Waals surface area contributed by atoms with Crippen molar-refractivity contribution >= 4 is 0 Å². The Balaban J connectivity index is 1.79. The van der Waals surface area contributed by atoms with E-state index in [0.29, 0.717) is 6.61 Å². The summed E-state index contributed by atoms with van der Waals surface area (Å²) in [4.78, 5) is 0. The monoisotopic (exact) mass is 178 g/mol. The van der Waals surface area contributed by atoms with Gasteiger partial charge in [0, 0.05) is 19.4 Å². The van der Waals surface area contributed by atoms with Crippen molar-refractivity contribution in [1.29, 1.82) is 0 Å². The molecule has 0 aromatic heterocycles. The van der Waals surface area contributed by atoms with Gasteiger partial charge in [-0.15, -0.1) is 11.8 Å². The molecule has 0 aromatic carbocycles. The van der Waals surface area contributed by atoms with Crippen LogP contribution in [-0.2, 0) is 0 Å². The minimum Gasteiger partial charge on any atom is -0.396 e. The van der Waals surface area contributed by atoms with Gasteiger partial charge in [-0.05, 0) is 43.4 Å². The molecular formula is C12H18O. The van der Waals surface area contributed by atoms with Gasteiger partial charge in [0.1, 0.15) is 0 Å². The van der Waals surface area contributed by atoms with Crippen LogP contribution in [0.15, 0.2) is 0 Å². The molecule has 1 nitrogen and oxygen atoms in total. The minimum absolute atomic E-state index is 0.367. The minimum atomic E-state index is 0.367. The Labute approximate surface area is 80.5 Å². The second-order valence-electron chi connectivity index (χ2n) is 4.29. The van der Waals surface area contributed by atoms with Gasteiger partial charge in [-0.2, -0.15) is 0 Å². The standard InChI is InChI=1S/C12H18O/c13-9-5-8-12-10-6-3-1-2-4-7-11(10)12/h10-13H,3-9H2/t10-,11-/m1/s1. The van der Waals surface area contributed by atoms with Crippen LogP contribution in [0.1, 0.15) is 38.5 Å². The smallest absolute Gasteiger partial charge is 0.0431 e. The van der Waals surface area contributed by atoms with Gasteiger partial charge in [0.2, 0.25) is 0 Å². The highest BCUT2D eigenvalue weighted by Crippen LogP contribution is 2.54. The lowest BCUT2D eigenvalue weighted by Crippen LogP contribution is -1.87. The molecule has 0 spiro atoms. The normalized spacial score (nSPS) is 36.5. The Hall–Kier alpha value is -0.480. The molecule has 2 atom stereocenters. The Kier molecular flexibility index (Phi) is 2.90. The third-order valence-electron chi connectivity index (χ3n) is 3.53. The van der Waals surface area contributed by atoms with Crippen LogP contribution < -0.4 is 0 Å². The second kappa shape index (κ2) is 4.15. The summed E-state index contributed by atoms with van der Waals surface area (Å²) in [7, 11) is 0. The highest BCUT2D eigenvalue weighted by atomic mass is 16.2. The average molecular weight is 178 g/mol. The zero-order chi connectivity index (χ0) is 9.10. The largest absolute Gasteiger partial charge is 0.396 e. The van der Waals surface area contributed by atoms with E-state index in [1.807, 2.05) is 0 Å². The lowest BCUT2D eigenvalue weighted by Gasteiger charge is -1.96. The van der Waals surface area contributed by atoms with Gasteiger partial charge in [0.25, 0.3) is 0 Å². The van der Waals surface area contributed by atoms with Crippen LogP contribution in [0.3, 0.4) is 0 Å². The maximum absolute atomic E-state index is 8.76. The van der Waals surface area contributed by atoms with E-state index in [9.17, 15) is 0 Å². The van der Waals surface area contributed by atoms with Gasteiger partial charge in [-0.1, -0.05) is 0 Å².